The molecule has 16 heteroatoms. The number of hydrogen-bond acceptors (Lipinski definition) is 12. The van der Waals surface area contributed by atoms with Crippen LogP contribution < -0.4 is 5.32 Å². The molecule has 0 bridgehead atoms. The minimum Gasteiger partial charge on any atom is -0.481 e. The maximum absolute atomic E-state index is 12.5. The number of nitrogens with zero attached hydrogens (tertiary/aromatic N) is 3. The zero-order chi connectivity index (χ0) is 40.7. The van der Waals surface area contributed by atoms with Crippen molar-refractivity contribution in [2.75, 3.05) is 31.3 Å². The number of aliphatic carboxylic acids is 2. The molecule has 0 aromatic rings. The number of amides is 1. The van der Waals surface area contributed by atoms with E-state index >= 15 is 0 Å². The van der Waals surface area contributed by atoms with Crippen LogP contribution in [0.15, 0.2) is 15.4 Å². The molecule has 0 unspecified atom stereocenters. The lowest BCUT2D eigenvalue weighted by molar-refractivity contribution is -0.145. The van der Waals surface area contributed by atoms with Crippen molar-refractivity contribution in [3.8, 4) is 0 Å². The summed E-state index contributed by atoms with van der Waals surface area (Å²) >= 11 is 0. The zero-order valence-corrected chi connectivity index (χ0v) is 33.8. The molecule has 1 heterocycles. The van der Waals surface area contributed by atoms with E-state index in [4.69, 9.17) is 4.74 Å². The number of nitrogens with one attached hydrogen (secondary N) is 1. The third-order valence-corrected chi connectivity index (χ3v) is 11.2. The predicted molar refractivity (Wildman–Crippen MR) is 209 cm³/mol. The number of carboxylic acid groups (broad SMARTS) is 2. The average Bonchev–Trinajstić information content (AvgIpc) is 3.65. The van der Waals surface area contributed by atoms with Crippen molar-refractivity contribution < 1.29 is 52.1 Å². The predicted octanol–water partition coefficient (Wildman–Crippen LogP) is 6.60. The lowest BCUT2D eigenvalue weighted by atomic mass is 9.95. The summed E-state index contributed by atoms with van der Waals surface area (Å²) < 4.78 is 30.1. The van der Waals surface area contributed by atoms with Gasteiger partial charge in [0, 0.05) is 51.7 Å². The number of carboxylic acids is 2. The zero-order valence-electron chi connectivity index (χ0n) is 33.0. The lowest BCUT2D eigenvalue weighted by Gasteiger charge is -2.16. The van der Waals surface area contributed by atoms with Gasteiger partial charge >= 0.3 is 11.9 Å². The summed E-state index contributed by atoms with van der Waals surface area (Å²) in [6.07, 6.45) is 15.2. The third-order valence-electron chi connectivity index (χ3n) is 9.55. The molecule has 0 spiro atoms. The van der Waals surface area contributed by atoms with Gasteiger partial charge in [0.25, 0.3) is 0 Å². The fourth-order valence-electron chi connectivity index (χ4n) is 6.31. The van der Waals surface area contributed by atoms with Crippen molar-refractivity contribution in [1.29, 1.82) is 0 Å². The Hall–Kier alpha value is -3.40. The molecule has 1 aliphatic heterocycles. The van der Waals surface area contributed by atoms with E-state index in [0.717, 1.165) is 44.2 Å². The van der Waals surface area contributed by atoms with E-state index in [1.54, 1.807) is 0 Å². The van der Waals surface area contributed by atoms with Crippen LogP contribution in [0.5, 0.6) is 0 Å². The molecule has 55 heavy (non-hydrogen) atoms. The number of carbonyl (C=O) groups is 6. The molecule has 0 aromatic heterocycles. The molecule has 1 rings (SSSR count). The van der Waals surface area contributed by atoms with Gasteiger partial charge in [-0.3, -0.25) is 24.0 Å². The molecule has 2 atom stereocenters. The van der Waals surface area contributed by atoms with Crippen molar-refractivity contribution in [2.24, 2.45) is 21.4 Å². The Morgan fingerprint density at radius 3 is 1.84 bits per heavy atom. The summed E-state index contributed by atoms with van der Waals surface area (Å²) in [7, 11) is -3.71. The first-order valence-electron chi connectivity index (χ1n) is 20.3. The van der Waals surface area contributed by atoms with Gasteiger partial charge < -0.3 is 20.3 Å². The van der Waals surface area contributed by atoms with Gasteiger partial charge in [-0.25, -0.2) is 13.2 Å². The van der Waals surface area contributed by atoms with Gasteiger partial charge in [0.2, 0.25) is 5.91 Å². The highest BCUT2D eigenvalue weighted by Crippen LogP contribution is 2.17. The number of Topliss-reactive ketones (excluding diaryl/α,β-unsaturated/α-hetero) is 3. The van der Waals surface area contributed by atoms with Gasteiger partial charge in [0.05, 0.1) is 17.4 Å². The van der Waals surface area contributed by atoms with Crippen molar-refractivity contribution in [3.63, 3.8) is 0 Å². The Kier molecular flexibility index (Phi) is 27.8. The SMILES string of the molecule is CCOCCCC(=O)CC[C@H](NC(=O)CC[C@H](CC(=O)CCCS(=O)(=O)CC(=O)CCCCCCCCCCCCCCCC1=NN=NC1)C(=O)O)C(=O)O. The van der Waals surface area contributed by atoms with Crippen molar-refractivity contribution in [1.82, 2.24) is 5.32 Å². The van der Waals surface area contributed by atoms with Crippen LogP contribution in [0.2, 0.25) is 0 Å². The minimum absolute atomic E-state index is 0.0450. The van der Waals surface area contributed by atoms with Gasteiger partial charge in [0.15, 0.2) is 9.84 Å². The fraction of sp³-hybridized carbons (Fsp3) is 0.821. The second-order valence-electron chi connectivity index (χ2n) is 14.5. The van der Waals surface area contributed by atoms with Crippen LogP contribution in [-0.4, -0.2) is 96.8 Å². The number of ether oxygens (including phenoxy) is 1. The van der Waals surface area contributed by atoms with Crippen LogP contribution in [0.3, 0.4) is 0 Å². The first kappa shape index (κ1) is 49.6. The summed E-state index contributed by atoms with van der Waals surface area (Å²) in [5.41, 5.74) is 1.09. The summed E-state index contributed by atoms with van der Waals surface area (Å²) in [6.45, 7) is 3.45. The molecule has 314 valence electrons. The average molecular weight is 799 g/mol. The summed E-state index contributed by atoms with van der Waals surface area (Å²) in [6, 6.07) is -1.32. The maximum atomic E-state index is 12.5. The second-order valence-corrected chi connectivity index (χ2v) is 16.7. The summed E-state index contributed by atoms with van der Waals surface area (Å²) in [5, 5.41) is 32.8. The Balaban J connectivity index is 2.15. The quantitative estimate of drug-likeness (QED) is 0.0563. The normalized spacial score (nSPS) is 13.7. The smallest absolute Gasteiger partial charge is 0.326 e. The molecule has 0 fully saturated rings. The lowest BCUT2D eigenvalue weighted by Crippen LogP contribution is -2.41. The number of unbranched alkanes of at least 4 members (excludes halogenated alkanes) is 12. The van der Waals surface area contributed by atoms with E-state index in [2.05, 4.69) is 20.8 Å². The van der Waals surface area contributed by atoms with Crippen LogP contribution >= 0.6 is 0 Å². The standard InChI is InChI=1S/C39H66N4O11S/c1-2-54-26-16-20-33(44)23-24-36(39(50)51)41-37(47)25-22-31(38(48)49)28-34(45)21-17-27-55(52,53)30-35(46)19-15-13-11-9-7-5-3-4-6-8-10-12-14-18-32-29-40-43-42-32/h31,36H,2-30H2,1H3,(H,41,47)(H,48,49)(H,50,51)/t31-,36+/m1/s1. The molecule has 1 amide bonds. The molecule has 0 aromatic carbocycles. The maximum Gasteiger partial charge on any atom is 0.326 e. The number of sulfone groups is 1. The van der Waals surface area contributed by atoms with Crippen LogP contribution in [0, 0.1) is 5.92 Å². The molecule has 0 radical (unpaired) electrons. The van der Waals surface area contributed by atoms with E-state index in [1.165, 1.54) is 44.9 Å². The number of ketones is 3. The van der Waals surface area contributed by atoms with E-state index in [0.29, 0.717) is 32.6 Å². The Bertz CT molecular complexity index is 1350. The minimum atomic E-state index is -3.71. The van der Waals surface area contributed by atoms with Gasteiger partial charge in [-0.15, -0.1) is 5.10 Å². The third kappa shape index (κ3) is 27.8. The van der Waals surface area contributed by atoms with Gasteiger partial charge in [-0.05, 0) is 57.1 Å². The molecule has 0 saturated heterocycles. The number of hydrogen-bond donors (Lipinski definition) is 3. The highest BCUT2D eigenvalue weighted by atomic mass is 32.2. The van der Waals surface area contributed by atoms with Crippen molar-refractivity contribution >= 4 is 50.7 Å². The van der Waals surface area contributed by atoms with Crippen molar-refractivity contribution in [2.45, 2.75) is 167 Å². The molecule has 3 N–H and O–H groups in total. The van der Waals surface area contributed by atoms with Gasteiger partial charge in [-0.1, -0.05) is 70.6 Å². The van der Waals surface area contributed by atoms with Gasteiger partial charge in [0.1, 0.15) is 35.7 Å². The number of carbonyl (C=O) groups excluding carboxylic acids is 4. The van der Waals surface area contributed by atoms with Crippen LogP contribution in [0.1, 0.15) is 161 Å². The van der Waals surface area contributed by atoms with E-state index in [1.807, 2.05) is 6.92 Å². The molecular weight excluding hydrogens is 733 g/mol. The molecular formula is C39H66N4O11S. The molecule has 0 aliphatic carbocycles. The Morgan fingerprint density at radius 1 is 0.691 bits per heavy atom. The van der Waals surface area contributed by atoms with Crippen molar-refractivity contribution in [3.05, 3.63) is 0 Å². The largest absolute Gasteiger partial charge is 0.481 e. The van der Waals surface area contributed by atoms with Crippen LogP contribution in [-0.2, 0) is 43.3 Å². The highest BCUT2D eigenvalue weighted by molar-refractivity contribution is 7.92. The van der Waals surface area contributed by atoms with Crippen LogP contribution in [0.4, 0.5) is 0 Å². The first-order chi connectivity index (χ1) is 26.3. The topological polar surface area (TPSA) is 235 Å². The number of rotatable bonds is 38. The highest BCUT2D eigenvalue weighted by Gasteiger charge is 2.25. The van der Waals surface area contributed by atoms with E-state index in [-0.39, 0.29) is 68.7 Å². The van der Waals surface area contributed by atoms with Gasteiger partial charge in [-0.2, -0.15) is 5.11 Å². The van der Waals surface area contributed by atoms with E-state index < -0.39 is 57.6 Å². The summed E-state index contributed by atoms with van der Waals surface area (Å²) in [4.78, 5) is 72.5. The Labute approximate surface area is 327 Å². The summed E-state index contributed by atoms with van der Waals surface area (Å²) in [5.74, 6) is -6.47. The molecule has 15 nitrogen and oxygen atoms in total. The molecule has 1 aliphatic rings. The second kappa shape index (κ2) is 30.8. The molecule has 0 saturated carbocycles. The first-order valence-corrected chi connectivity index (χ1v) is 22.2. The Morgan fingerprint density at radius 2 is 1.27 bits per heavy atom. The fourth-order valence-corrected chi connectivity index (χ4v) is 7.67. The van der Waals surface area contributed by atoms with Crippen LogP contribution in [0.25, 0.3) is 0 Å². The monoisotopic (exact) mass is 798 g/mol. The van der Waals surface area contributed by atoms with E-state index in [9.17, 15) is 47.4 Å².